The first-order valence-electron chi connectivity index (χ1n) is 5.70. The first-order valence-corrected chi connectivity index (χ1v) is 7.31. The summed E-state index contributed by atoms with van der Waals surface area (Å²) in [5.74, 6) is 1.01. The summed E-state index contributed by atoms with van der Waals surface area (Å²) in [4.78, 5) is 5.87. The van der Waals surface area contributed by atoms with Crippen molar-refractivity contribution in [2.24, 2.45) is 0 Å². The largest absolute Gasteiger partial charge is 0.399 e. The summed E-state index contributed by atoms with van der Waals surface area (Å²) >= 11 is 5.18. The number of fused-ring (bicyclic) bond motifs is 1. The van der Waals surface area contributed by atoms with Gasteiger partial charge in [0.2, 0.25) is 0 Å². The zero-order valence-corrected chi connectivity index (χ0v) is 12.3. The summed E-state index contributed by atoms with van der Waals surface area (Å²) in [7, 11) is 0. The van der Waals surface area contributed by atoms with Gasteiger partial charge in [-0.15, -0.1) is 11.3 Å². The third kappa shape index (κ3) is 1.83. The third-order valence-electron chi connectivity index (χ3n) is 2.88. The molecule has 0 saturated carbocycles. The minimum Gasteiger partial charge on any atom is -0.399 e. The van der Waals surface area contributed by atoms with E-state index in [1.165, 1.54) is 4.88 Å². The number of aromatic nitrogens is 2. The van der Waals surface area contributed by atoms with Gasteiger partial charge in [-0.2, -0.15) is 0 Å². The van der Waals surface area contributed by atoms with Crippen molar-refractivity contribution >= 4 is 44.0 Å². The van der Waals surface area contributed by atoms with Crippen LogP contribution in [0.5, 0.6) is 0 Å². The van der Waals surface area contributed by atoms with Crippen molar-refractivity contribution in [1.29, 1.82) is 0 Å². The average Bonchev–Trinajstić information content (AvgIpc) is 2.91. The molecule has 0 aliphatic heterocycles. The van der Waals surface area contributed by atoms with E-state index < -0.39 is 0 Å². The molecule has 2 N–H and O–H groups in total. The number of nitrogens with zero attached hydrogens (tertiary/aromatic N) is 2. The first-order chi connectivity index (χ1) is 8.69. The van der Waals surface area contributed by atoms with Crippen molar-refractivity contribution in [3.8, 4) is 10.7 Å². The minimum absolute atomic E-state index is 0.774. The summed E-state index contributed by atoms with van der Waals surface area (Å²) in [6, 6.07) is 9.99. The molecule has 0 spiro atoms. The summed E-state index contributed by atoms with van der Waals surface area (Å²) in [5.41, 5.74) is 8.71. The molecule has 0 saturated heterocycles. The standard InChI is InChI=1S/C13H12BrN3S/c1-2-17-10-7-8(15)3-4-9(10)16-13(17)11-5-6-12(14)18-11/h3-7H,2,15H2,1H3. The van der Waals surface area contributed by atoms with Gasteiger partial charge in [-0.05, 0) is 53.2 Å². The molecule has 0 aliphatic rings. The molecule has 2 aromatic heterocycles. The number of thiophene rings is 1. The van der Waals surface area contributed by atoms with E-state index >= 15 is 0 Å². The number of halogens is 1. The van der Waals surface area contributed by atoms with Crippen LogP contribution < -0.4 is 5.73 Å². The van der Waals surface area contributed by atoms with Gasteiger partial charge in [-0.3, -0.25) is 0 Å². The number of imidazole rings is 1. The molecule has 0 unspecified atom stereocenters. The first kappa shape index (κ1) is 11.7. The van der Waals surface area contributed by atoms with Gasteiger partial charge in [-0.1, -0.05) is 0 Å². The van der Waals surface area contributed by atoms with Crippen LogP contribution in [-0.2, 0) is 6.54 Å². The summed E-state index contributed by atoms with van der Waals surface area (Å²) < 4.78 is 3.32. The van der Waals surface area contributed by atoms with Crippen LogP contribution in [0.1, 0.15) is 6.92 Å². The fraction of sp³-hybridized carbons (Fsp3) is 0.154. The van der Waals surface area contributed by atoms with Crippen LogP contribution in [0, 0.1) is 0 Å². The van der Waals surface area contributed by atoms with Crippen molar-refractivity contribution in [1.82, 2.24) is 9.55 Å². The number of anilines is 1. The van der Waals surface area contributed by atoms with Crippen molar-refractivity contribution in [2.45, 2.75) is 13.5 Å². The van der Waals surface area contributed by atoms with Crippen LogP contribution in [-0.4, -0.2) is 9.55 Å². The highest BCUT2D eigenvalue weighted by atomic mass is 79.9. The van der Waals surface area contributed by atoms with E-state index in [-0.39, 0.29) is 0 Å². The predicted octanol–water partition coefficient (Wildman–Crippen LogP) is 4.13. The molecule has 0 amide bonds. The van der Waals surface area contributed by atoms with Gasteiger partial charge in [-0.25, -0.2) is 4.98 Å². The van der Waals surface area contributed by atoms with Crippen LogP contribution in [0.3, 0.4) is 0 Å². The monoisotopic (exact) mass is 321 g/mol. The van der Waals surface area contributed by atoms with Gasteiger partial charge in [0.15, 0.2) is 5.82 Å². The van der Waals surface area contributed by atoms with E-state index in [2.05, 4.69) is 33.5 Å². The SMILES string of the molecule is CCn1c(-c2ccc(Br)s2)nc2ccc(N)cc21. The molecule has 18 heavy (non-hydrogen) atoms. The van der Waals surface area contributed by atoms with Crippen LogP contribution in [0.4, 0.5) is 5.69 Å². The summed E-state index contributed by atoms with van der Waals surface area (Å²) in [5, 5.41) is 0. The third-order valence-corrected chi connectivity index (χ3v) is 4.50. The number of hydrogen-bond acceptors (Lipinski definition) is 3. The Bertz CT molecular complexity index is 714. The van der Waals surface area contributed by atoms with Crippen LogP contribution in [0.15, 0.2) is 34.1 Å². The highest BCUT2D eigenvalue weighted by Crippen LogP contribution is 2.33. The molecule has 0 bridgehead atoms. The quantitative estimate of drug-likeness (QED) is 0.721. The van der Waals surface area contributed by atoms with E-state index in [0.717, 1.165) is 32.9 Å². The van der Waals surface area contributed by atoms with E-state index in [1.54, 1.807) is 11.3 Å². The number of aryl methyl sites for hydroxylation is 1. The maximum absolute atomic E-state index is 5.85. The second-order valence-corrected chi connectivity index (χ2v) is 6.49. The molecule has 0 aliphatic carbocycles. The maximum Gasteiger partial charge on any atom is 0.151 e. The number of nitrogen functional groups attached to an aromatic ring is 1. The second kappa shape index (κ2) is 4.40. The van der Waals surface area contributed by atoms with Gasteiger partial charge in [0.1, 0.15) is 0 Å². The van der Waals surface area contributed by atoms with Crippen molar-refractivity contribution in [3.63, 3.8) is 0 Å². The zero-order valence-electron chi connectivity index (χ0n) is 9.85. The molecule has 0 radical (unpaired) electrons. The molecule has 3 nitrogen and oxygen atoms in total. The Morgan fingerprint density at radius 3 is 2.83 bits per heavy atom. The lowest BCUT2D eigenvalue weighted by atomic mass is 10.3. The summed E-state index contributed by atoms with van der Waals surface area (Å²) in [6.45, 7) is 3.00. The average molecular weight is 322 g/mol. The topological polar surface area (TPSA) is 43.8 Å². The van der Waals surface area contributed by atoms with Crippen LogP contribution in [0.2, 0.25) is 0 Å². The number of nitrogens with two attached hydrogens (primary N) is 1. The molecule has 1 aromatic carbocycles. The Hall–Kier alpha value is -1.33. The number of hydrogen-bond donors (Lipinski definition) is 1. The highest BCUT2D eigenvalue weighted by Gasteiger charge is 2.13. The lowest BCUT2D eigenvalue weighted by Gasteiger charge is -2.04. The fourth-order valence-corrected chi connectivity index (χ4v) is 3.47. The molecule has 5 heteroatoms. The maximum atomic E-state index is 5.85. The van der Waals surface area contributed by atoms with Crippen molar-refractivity contribution in [3.05, 3.63) is 34.1 Å². The Labute approximate surface area is 117 Å². The van der Waals surface area contributed by atoms with Crippen molar-refractivity contribution < 1.29 is 0 Å². The number of benzene rings is 1. The van der Waals surface area contributed by atoms with Gasteiger partial charge in [0.25, 0.3) is 0 Å². The molecule has 2 heterocycles. The Morgan fingerprint density at radius 2 is 2.17 bits per heavy atom. The van der Waals surface area contributed by atoms with Gasteiger partial charge in [0, 0.05) is 12.2 Å². The molecule has 92 valence electrons. The molecule has 3 rings (SSSR count). The fourth-order valence-electron chi connectivity index (χ4n) is 2.08. The normalized spacial score (nSPS) is 11.2. The van der Waals surface area contributed by atoms with E-state index in [4.69, 9.17) is 10.7 Å². The van der Waals surface area contributed by atoms with E-state index in [1.807, 2.05) is 24.3 Å². The lowest BCUT2D eigenvalue weighted by Crippen LogP contribution is -1.96. The number of rotatable bonds is 2. The molecule has 0 atom stereocenters. The Morgan fingerprint density at radius 1 is 1.33 bits per heavy atom. The molecule has 3 aromatic rings. The smallest absolute Gasteiger partial charge is 0.151 e. The minimum atomic E-state index is 0.774. The zero-order chi connectivity index (χ0) is 12.7. The molecular weight excluding hydrogens is 310 g/mol. The lowest BCUT2D eigenvalue weighted by molar-refractivity contribution is 0.798. The summed E-state index contributed by atoms with van der Waals surface area (Å²) in [6.07, 6.45) is 0. The van der Waals surface area contributed by atoms with Crippen LogP contribution >= 0.6 is 27.3 Å². The Kier molecular flexibility index (Phi) is 2.87. The Balaban J connectivity index is 2.29. The second-order valence-electron chi connectivity index (χ2n) is 4.03. The van der Waals surface area contributed by atoms with Crippen molar-refractivity contribution in [2.75, 3.05) is 5.73 Å². The van der Waals surface area contributed by atoms with Gasteiger partial charge >= 0.3 is 0 Å². The highest BCUT2D eigenvalue weighted by molar-refractivity contribution is 9.11. The molecule has 0 fully saturated rings. The predicted molar refractivity (Wildman–Crippen MR) is 80.8 cm³/mol. The van der Waals surface area contributed by atoms with E-state index in [9.17, 15) is 0 Å². The van der Waals surface area contributed by atoms with Gasteiger partial charge in [0.05, 0.1) is 19.7 Å². The molecular formula is C13H12BrN3S. The van der Waals surface area contributed by atoms with Gasteiger partial charge < -0.3 is 10.3 Å². The van der Waals surface area contributed by atoms with E-state index in [0.29, 0.717) is 0 Å². The van der Waals surface area contributed by atoms with Crippen LogP contribution in [0.25, 0.3) is 21.7 Å².